The van der Waals surface area contributed by atoms with Gasteiger partial charge in [-0.2, -0.15) is 0 Å². The van der Waals surface area contributed by atoms with Crippen LogP contribution in [0.5, 0.6) is 0 Å². The van der Waals surface area contributed by atoms with Crippen molar-refractivity contribution in [3.05, 3.63) is 24.0 Å². The van der Waals surface area contributed by atoms with Crippen LogP contribution in [0, 0.1) is 0 Å². The van der Waals surface area contributed by atoms with E-state index < -0.39 is 9.84 Å². The van der Waals surface area contributed by atoms with Crippen LogP contribution in [-0.2, 0) is 9.84 Å². The first-order chi connectivity index (χ1) is 8.35. The van der Waals surface area contributed by atoms with E-state index in [1.165, 1.54) is 18.6 Å². The maximum Gasteiger partial charge on any atom is 0.172 e. The molecule has 0 spiro atoms. The lowest BCUT2D eigenvalue weighted by molar-refractivity contribution is 0.318. The van der Waals surface area contributed by atoms with Crippen molar-refractivity contribution in [2.45, 2.75) is 0 Å². The lowest BCUT2D eigenvalue weighted by atomic mass is 10.2. The van der Waals surface area contributed by atoms with E-state index in [-0.39, 0.29) is 11.6 Å². The number of sulfone groups is 1. The Morgan fingerprint density at radius 2 is 2.28 bits per heavy atom. The van der Waals surface area contributed by atoms with Crippen molar-refractivity contribution in [3.63, 3.8) is 0 Å². The maximum absolute atomic E-state index is 11.1. The van der Waals surface area contributed by atoms with Crippen LogP contribution in [0.3, 0.4) is 0 Å². The smallest absolute Gasteiger partial charge is 0.172 e. The molecule has 0 aliphatic rings. The number of amidine groups is 1. The number of nitrogens with zero attached hydrogens (tertiary/aromatic N) is 3. The fraction of sp³-hybridized carbons (Fsp3) is 0.400. The van der Waals surface area contributed by atoms with Gasteiger partial charge in [-0.3, -0.25) is 4.98 Å². The first-order valence-electron chi connectivity index (χ1n) is 5.16. The number of hydrogen-bond acceptors (Lipinski definition) is 6. The Morgan fingerprint density at radius 3 is 2.83 bits per heavy atom. The van der Waals surface area contributed by atoms with Crippen molar-refractivity contribution in [3.8, 4) is 0 Å². The summed E-state index contributed by atoms with van der Waals surface area (Å²) in [6.45, 7) is 0.302. The predicted octanol–water partition coefficient (Wildman–Crippen LogP) is -0.343. The van der Waals surface area contributed by atoms with Crippen LogP contribution < -0.4 is 10.6 Å². The number of pyridine rings is 1. The molecule has 0 aliphatic carbocycles. The molecule has 0 aromatic carbocycles. The third-order valence-electron chi connectivity index (χ3n) is 2.39. The minimum atomic E-state index is -3.04. The van der Waals surface area contributed by atoms with E-state index in [0.717, 1.165) is 0 Å². The number of anilines is 1. The second-order valence-corrected chi connectivity index (χ2v) is 6.19. The van der Waals surface area contributed by atoms with E-state index in [0.29, 0.717) is 17.8 Å². The van der Waals surface area contributed by atoms with Gasteiger partial charge in [0.05, 0.1) is 17.6 Å². The molecule has 0 aliphatic heterocycles. The lowest BCUT2D eigenvalue weighted by Gasteiger charge is -2.20. The van der Waals surface area contributed by atoms with Gasteiger partial charge in [0.2, 0.25) is 0 Å². The topological polar surface area (TPSA) is 109 Å². The molecule has 1 rings (SSSR count). The molecule has 0 radical (unpaired) electrons. The molecule has 18 heavy (non-hydrogen) atoms. The molecule has 0 bridgehead atoms. The highest BCUT2D eigenvalue weighted by atomic mass is 32.2. The van der Waals surface area contributed by atoms with Crippen molar-refractivity contribution in [1.82, 2.24) is 4.98 Å². The SMILES string of the molecule is CN(CCS(C)(=O)=O)c1cnccc1/C(N)=N/O. The Bertz CT molecular complexity index is 542. The van der Waals surface area contributed by atoms with E-state index in [1.807, 2.05) is 0 Å². The highest BCUT2D eigenvalue weighted by Gasteiger charge is 2.12. The molecule has 8 heteroatoms. The number of oxime groups is 1. The predicted molar refractivity (Wildman–Crippen MR) is 69.7 cm³/mol. The minimum Gasteiger partial charge on any atom is -0.409 e. The zero-order valence-electron chi connectivity index (χ0n) is 10.2. The quantitative estimate of drug-likeness (QED) is 0.328. The van der Waals surface area contributed by atoms with Crippen LogP contribution in [0.25, 0.3) is 0 Å². The van der Waals surface area contributed by atoms with Crippen LogP contribution in [0.1, 0.15) is 5.56 Å². The summed E-state index contributed by atoms with van der Waals surface area (Å²) in [5.41, 5.74) is 6.65. The monoisotopic (exact) mass is 272 g/mol. The molecule has 0 saturated heterocycles. The first-order valence-corrected chi connectivity index (χ1v) is 7.22. The largest absolute Gasteiger partial charge is 0.409 e. The molecule has 7 nitrogen and oxygen atoms in total. The molecule has 1 aromatic rings. The van der Waals surface area contributed by atoms with E-state index in [1.54, 1.807) is 18.0 Å². The van der Waals surface area contributed by atoms with Gasteiger partial charge in [0.25, 0.3) is 0 Å². The summed E-state index contributed by atoms with van der Waals surface area (Å²) in [5.74, 6) is -0.0211. The zero-order valence-corrected chi connectivity index (χ0v) is 11.1. The molecule has 0 saturated carbocycles. The Morgan fingerprint density at radius 1 is 1.61 bits per heavy atom. The van der Waals surface area contributed by atoms with Gasteiger partial charge in [-0.25, -0.2) is 8.42 Å². The Balaban J connectivity index is 2.95. The van der Waals surface area contributed by atoms with Crippen molar-refractivity contribution < 1.29 is 13.6 Å². The van der Waals surface area contributed by atoms with E-state index in [2.05, 4.69) is 10.1 Å². The van der Waals surface area contributed by atoms with Gasteiger partial charge in [-0.05, 0) is 6.07 Å². The molecule has 100 valence electrons. The van der Waals surface area contributed by atoms with E-state index in [4.69, 9.17) is 10.9 Å². The highest BCUT2D eigenvalue weighted by Crippen LogP contribution is 2.17. The van der Waals surface area contributed by atoms with Gasteiger partial charge in [0, 0.05) is 31.6 Å². The van der Waals surface area contributed by atoms with Crippen molar-refractivity contribution in [2.24, 2.45) is 10.9 Å². The average Bonchev–Trinajstić information content (AvgIpc) is 2.34. The molecule has 0 fully saturated rings. The molecule has 1 aromatic heterocycles. The minimum absolute atomic E-state index is 0.0218. The zero-order chi connectivity index (χ0) is 13.8. The summed E-state index contributed by atoms with van der Waals surface area (Å²) in [6.07, 6.45) is 4.23. The van der Waals surface area contributed by atoms with Crippen molar-refractivity contribution in [1.29, 1.82) is 0 Å². The van der Waals surface area contributed by atoms with Gasteiger partial charge in [-0.15, -0.1) is 0 Å². The Labute approximate surface area is 106 Å². The van der Waals surface area contributed by atoms with Crippen molar-refractivity contribution >= 4 is 21.4 Å². The average molecular weight is 272 g/mol. The maximum atomic E-state index is 11.1. The summed E-state index contributed by atoms with van der Waals surface area (Å²) >= 11 is 0. The fourth-order valence-electron chi connectivity index (χ4n) is 1.38. The number of aromatic nitrogens is 1. The van der Waals surface area contributed by atoms with Gasteiger partial charge >= 0.3 is 0 Å². The second kappa shape index (κ2) is 5.67. The molecular weight excluding hydrogens is 256 g/mol. The third kappa shape index (κ3) is 3.88. The normalized spacial score (nSPS) is 12.4. The number of rotatable bonds is 5. The summed E-state index contributed by atoms with van der Waals surface area (Å²) in [6, 6.07) is 1.60. The highest BCUT2D eigenvalue weighted by molar-refractivity contribution is 7.90. The summed E-state index contributed by atoms with van der Waals surface area (Å²) in [5, 5.41) is 11.6. The lowest BCUT2D eigenvalue weighted by Crippen LogP contribution is -2.27. The summed E-state index contributed by atoms with van der Waals surface area (Å²) in [4.78, 5) is 5.64. The Hall–Kier alpha value is -1.83. The van der Waals surface area contributed by atoms with E-state index >= 15 is 0 Å². The molecule has 0 amide bonds. The second-order valence-electron chi connectivity index (χ2n) is 3.93. The molecule has 0 unspecified atom stereocenters. The fourth-order valence-corrected chi connectivity index (χ4v) is 1.99. The van der Waals surface area contributed by atoms with Gasteiger partial charge in [-0.1, -0.05) is 5.16 Å². The van der Waals surface area contributed by atoms with Crippen LogP contribution in [0.15, 0.2) is 23.6 Å². The summed E-state index contributed by atoms with van der Waals surface area (Å²) in [7, 11) is -1.32. The van der Waals surface area contributed by atoms with Crippen LogP contribution >= 0.6 is 0 Å². The number of hydrogen-bond donors (Lipinski definition) is 2. The molecule has 0 atom stereocenters. The van der Waals surface area contributed by atoms with Crippen LogP contribution in [-0.4, -0.2) is 50.0 Å². The molecular formula is C10H16N4O3S. The molecule has 1 heterocycles. The molecule has 3 N–H and O–H groups in total. The van der Waals surface area contributed by atoms with Crippen LogP contribution in [0.2, 0.25) is 0 Å². The third-order valence-corrected chi connectivity index (χ3v) is 3.32. The van der Waals surface area contributed by atoms with Crippen LogP contribution in [0.4, 0.5) is 5.69 Å². The Kier molecular flexibility index (Phi) is 4.49. The summed E-state index contributed by atoms with van der Waals surface area (Å²) < 4.78 is 22.2. The van der Waals surface area contributed by atoms with Gasteiger partial charge < -0.3 is 15.8 Å². The first kappa shape index (κ1) is 14.2. The van der Waals surface area contributed by atoms with Crippen molar-refractivity contribution in [2.75, 3.05) is 30.5 Å². The van der Waals surface area contributed by atoms with E-state index in [9.17, 15) is 8.42 Å². The standard InChI is InChI=1S/C10H16N4O3S/c1-14(5-6-18(2,16)17)9-7-12-4-3-8(9)10(11)13-15/h3-4,7,15H,5-6H2,1-2H3,(H2,11,13). The van der Waals surface area contributed by atoms with Gasteiger partial charge in [0.1, 0.15) is 9.84 Å². The van der Waals surface area contributed by atoms with Gasteiger partial charge in [0.15, 0.2) is 5.84 Å². The number of nitrogens with two attached hydrogens (primary N) is 1.